The molecule has 0 aliphatic carbocycles. The fraction of sp³-hybridized carbons (Fsp3) is 0.222. The van der Waals surface area contributed by atoms with E-state index in [2.05, 4.69) is 10.8 Å². The molecule has 1 radical (unpaired) electrons. The molecule has 0 atom stereocenters. The van der Waals surface area contributed by atoms with Crippen molar-refractivity contribution in [1.82, 2.24) is 0 Å². The topological polar surface area (TPSA) is 26.3 Å². The maximum absolute atomic E-state index is 11.7. The second-order valence-corrected chi connectivity index (χ2v) is 2.50. The number of hydrogen-bond donors (Lipinski definition) is 0. The Morgan fingerprint density at radius 2 is 1.93 bits per heavy atom. The zero-order chi connectivity index (χ0) is 10.6. The molecule has 0 heterocycles. The van der Waals surface area contributed by atoms with Gasteiger partial charge in [-0.05, 0) is 18.2 Å². The van der Waals surface area contributed by atoms with Gasteiger partial charge in [-0.3, -0.25) is 4.79 Å². The first-order valence-corrected chi connectivity index (χ1v) is 3.71. The fourth-order valence-electron chi connectivity index (χ4n) is 0.771. The van der Waals surface area contributed by atoms with Crippen LogP contribution in [-0.2, 0) is 4.79 Å². The Kier molecular flexibility index (Phi) is 3.11. The molecule has 1 aromatic carbocycles. The summed E-state index contributed by atoms with van der Waals surface area (Å²) in [5, 5.41) is 0. The van der Waals surface area contributed by atoms with Crippen LogP contribution in [0.1, 0.15) is 6.42 Å². The number of carbonyl (C=O) groups excluding carboxylic acids is 1. The molecule has 0 aliphatic heterocycles. The normalized spacial score (nSPS) is 11.1. The number of esters is 1. The summed E-state index contributed by atoms with van der Waals surface area (Å²) in [6.45, 7) is 0. The number of ether oxygens (including phenoxy) is 1. The molecule has 1 rings (SSSR count). The summed E-state index contributed by atoms with van der Waals surface area (Å²) >= 11 is 0. The summed E-state index contributed by atoms with van der Waals surface area (Å²) in [5.74, 6) is -1.23. The third kappa shape index (κ3) is 3.93. The smallest absolute Gasteiger partial charge is 0.399 e. The van der Waals surface area contributed by atoms with Crippen molar-refractivity contribution in [2.75, 3.05) is 0 Å². The first kappa shape index (κ1) is 10.6. The molecule has 2 nitrogen and oxygen atoms in total. The van der Waals surface area contributed by atoms with Crippen molar-refractivity contribution in [3.05, 3.63) is 30.3 Å². The highest BCUT2D eigenvalue weighted by Gasteiger charge is 2.32. The summed E-state index contributed by atoms with van der Waals surface area (Å²) < 4.78 is 39.5. The Labute approximate surface area is 78.3 Å². The molecule has 0 unspecified atom stereocenters. The van der Waals surface area contributed by atoms with E-state index in [-0.39, 0.29) is 5.75 Å². The van der Waals surface area contributed by atoms with Gasteiger partial charge in [0.05, 0.1) is 0 Å². The summed E-state index contributed by atoms with van der Waals surface area (Å²) in [6.07, 6.45) is -6.11. The van der Waals surface area contributed by atoms with Gasteiger partial charge in [-0.2, -0.15) is 13.2 Å². The molecule has 5 heteroatoms. The molecule has 0 bridgehead atoms. The average Bonchev–Trinajstić information content (AvgIpc) is 2.02. The third-order valence-corrected chi connectivity index (χ3v) is 1.26. The second kappa shape index (κ2) is 4.13. The third-order valence-electron chi connectivity index (χ3n) is 1.26. The Bertz CT molecular complexity index is 306. The molecule has 0 aromatic heterocycles. The quantitative estimate of drug-likeness (QED) is 0.544. The highest BCUT2D eigenvalue weighted by molar-refractivity contribution is 5.72. The highest BCUT2D eigenvalue weighted by atomic mass is 19.4. The van der Waals surface area contributed by atoms with Crippen LogP contribution in [0.5, 0.6) is 5.75 Å². The SMILES string of the molecule is O=C(CC(F)(F)F)Oc1cc[c]cc1. The van der Waals surface area contributed by atoms with Crippen molar-refractivity contribution in [3.8, 4) is 5.75 Å². The Hall–Kier alpha value is -1.52. The minimum atomic E-state index is -4.53. The van der Waals surface area contributed by atoms with E-state index in [1.54, 1.807) is 0 Å². The Morgan fingerprint density at radius 1 is 1.36 bits per heavy atom. The zero-order valence-electron chi connectivity index (χ0n) is 6.97. The van der Waals surface area contributed by atoms with Crippen molar-refractivity contribution < 1.29 is 22.7 Å². The Balaban J connectivity index is 2.50. The molecule has 14 heavy (non-hydrogen) atoms. The first-order valence-electron chi connectivity index (χ1n) is 3.71. The highest BCUT2D eigenvalue weighted by Crippen LogP contribution is 2.20. The van der Waals surface area contributed by atoms with Crippen LogP contribution in [0.3, 0.4) is 0 Å². The standard InChI is InChI=1S/C9H6F3O2/c10-9(11,12)6-8(13)14-7-4-2-1-3-5-7/h2-5H,6H2. The van der Waals surface area contributed by atoms with E-state index in [0.29, 0.717) is 0 Å². The maximum atomic E-state index is 11.7. The van der Waals surface area contributed by atoms with Crippen molar-refractivity contribution in [1.29, 1.82) is 0 Å². The van der Waals surface area contributed by atoms with Crippen molar-refractivity contribution >= 4 is 5.97 Å². The van der Waals surface area contributed by atoms with Gasteiger partial charge < -0.3 is 4.74 Å². The number of halogens is 3. The lowest BCUT2D eigenvalue weighted by molar-refractivity contribution is -0.163. The fourth-order valence-corrected chi connectivity index (χ4v) is 0.771. The summed E-state index contributed by atoms with van der Waals surface area (Å²) in [4.78, 5) is 10.7. The molecule has 0 amide bonds. The van der Waals surface area contributed by atoms with Gasteiger partial charge in [-0.1, -0.05) is 12.1 Å². The van der Waals surface area contributed by atoms with Gasteiger partial charge >= 0.3 is 12.1 Å². The molecule has 75 valence electrons. The number of hydrogen-bond acceptors (Lipinski definition) is 2. The van der Waals surface area contributed by atoms with Crippen LogP contribution in [0.15, 0.2) is 24.3 Å². The van der Waals surface area contributed by atoms with Crippen LogP contribution < -0.4 is 4.74 Å². The van der Waals surface area contributed by atoms with Gasteiger partial charge in [0.15, 0.2) is 0 Å². The minimum Gasteiger partial charge on any atom is -0.426 e. The number of rotatable bonds is 2. The van der Waals surface area contributed by atoms with E-state index in [1.807, 2.05) is 0 Å². The van der Waals surface area contributed by atoms with Gasteiger partial charge in [-0.15, -0.1) is 0 Å². The van der Waals surface area contributed by atoms with Gasteiger partial charge in [0.1, 0.15) is 12.2 Å². The maximum Gasteiger partial charge on any atom is 0.399 e. The summed E-state index contributed by atoms with van der Waals surface area (Å²) in [7, 11) is 0. The molecule has 0 aliphatic rings. The summed E-state index contributed by atoms with van der Waals surface area (Å²) in [6, 6.07) is 8.23. The predicted octanol–water partition coefficient (Wildman–Crippen LogP) is 2.34. The largest absolute Gasteiger partial charge is 0.426 e. The monoisotopic (exact) mass is 203 g/mol. The van der Waals surface area contributed by atoms with Gasteiger partial charge in [0, 0.05) is 0 Å². The van der Waals surface area contributed by atoms with E-state index >= 15 is 0 Å². The molecular formula is C9H6F3O2. The van der Waals surface area contributed by atoms with E-state index in [0.717, 1.165) is 0 Å². The van der Waals surface area contributed by atoms with Crippen LogP contribution in [-0.4, -0.2) is 12.1 Å². The lowest BCUT2D eigenvalue weighted by atomic mass is 10.3. The van der Waals surface area contributed by atoms with Crippen LogP contribution in [0.2, 0.25) is 0 Å². The van der Waals surface area contributed by atoms with E-state index in [1.165, 1.54) is 24.3 Å². The van der Waals surface area contributed by atoms with Crippen molar-refractivity contribution in [2.24, 2.45) is 0 Å². The van der Waals surface area contributed by atoms with Crippen LogP contribution in [0, 0.1) is 6.07 Å². The van der Waals surface area contributed by atoms with Crippen LogP contribution in [0.25, 0.3) is 0 Å². The van der Waals surface area contributed by atoms with E-state index < -0.39 is 18.6 Å². The Morgan fingerprint density at radius 3 is 2.43 bits per heavy atom. The number of benzene rings is 1. The number of alkyl halides is 3. The minimum absolute atomic E-state index is 0.0815. The van der Waals surface area contributed by atoms with Crippen molar-refractivity contribution in [2.45, 2.75) is 12.6 Å². The summed E-state index contributed by atoms with van der Waals surface area (Å²) in [5.41, 5.74) is 0. The number of carbonyl (C=O) groups is 1. The van der Waals surface area contributed by atoms with Crippen LogP contribution >= 0.6 is 0 Å². The molecular weight excluding hydrogens is 197 g/mol. The average molecular weight is 203 g/mol. The van der Waals surface area contributed by atoms with E-state index in [9.17, 15) is 18.0 Å². The zero-order valence-corrected chi connectivity index (χ0v) is 6.97. The second-order valence-electron chi connectivity index (χ2n) is 2.50. The predicted molar refractivity (Wildman–Crippen MR) is 41.6 cm³/mol. The lowest BCUT2D eigenvalue weighted by Gasteiger charge is -2.06. The molecule has 0 saturated heterocycles. The molecule has 0 N–H and O–H groups in total. The van der Waals surface area contributed by atoms with Gasteiger partial charge in [0.2, 0.25) is 0 Å². The molecule has 0 fully saturated rings. The molecule has 0 spiro atoms. The van der Waals surface area contributed by atoms with Gasteiger partial charge in [-0.25, -0.2) is 0 Å². The lowest BCUT2D eigenvalue weighted by Crippen LogP contribution is -2.19. The first-order chi connectivity index (χ1) is 6.47. The molecule has 1 aromatic rings. The van der Waals surface area contributed by atoms with Crippen LogP contribution in [0.4, 0.5) is 13.2 Å². The van der Waals surface area contributed by atoms with Crippen molar-refractivity contribution in [3.63, 3.8) is 0 Å². The molecule has 0 saturated carbocycles. The van der Waals surface area contributed by atoms with Gasteiger partial charge in [0.25, 0.3) is 0 Å². The van der Waals surface area contributed by atoms with E-state index in [4.69, 9.17) is 0 Å².